The van der Waals surface area contributed by atoms with Crippen molar-refractivity contribution < 1.29 is 14.3 Å². The number of carbonyl (C=O) groups is 1. The minimum absolute atomic E-state index is 0.0195. The Morgan fingerprint density at radius 2 is 2.06 bits per heavy atom. The normalized spacial score (nSPS) is 50.6. The van der Waals surface area contributed by atoms with Crippen LogP contribution in [0.2, 0.25) is 0 Å². The third-order valence-electron chi connectivity index (χ3n) is 5.84. The third kappa shape index (κ3) is 1.16. The number of cyclic esters (lactones) is 1. The Morgan fingerprint density at radius 3 is 2.67 bits per heavy atom. The van der Waals surface area contributed by atoms with E-state index in [0.717, 1.165) is 6.42 Å². The summed E-state index contributed by atoms with van der Waals surface area (Å²) in [6.45, 7) is 2.17. The second-order valence-corrected chi connectivity index (χ2v) is 6.58. The molecule has 2 saturated heterocycles. The van der Waals surface area contributed by atoms with E-state index in [2.05, 4.69) is 19.1 Å². The van der Waals surface area contributed by atoms with Crippen molar-refractivity contribution in [3.8, 4) is 0 Å². The van der Waals surface area contributed by atoms with Crippen molar-refractivity contribution in [1.29, 1.82) is 0 Å². The molecule has 1 saturated carbocycles. The number of carbonyl (C=O) groups excluding carboxylic acids is 1. The van der Waals surface area contributed by atoms with Crippen LogP contribution in [0.1, 0.15) is 45.4 Å². The topological polar surface area (TPSA) is 35.5 Å². The molecule has 0 radical (unpaired) electrons. The van der Waals surface area contributed by atoms with Crippen molar-refractivity contribution in [2.45, 2.75) is 63.3 Å². The Balaban J connectivity index is 1.76. The quantitative estimate of drug-likeness (QED) is 0.528. The number of esters is 1. The van der Waals surface area contributed by atoms with E-state index >= 15 is 0 Å². The van der Waals surface area contributed by atoms with Gasteiger partial charge in [-0.3, -0.25) is 4.79 Å². The summed E-state index contributed by atoms with van der Waals surface area (Å²) in [4.78, 5) is 12.0. The summed E-state index contributed by atoms with van der Waals surface area (Å²) in [5.41, 5.74) is -0.386. The van der Waals surface area contributed by atoms with Gasteiger partial charge in [-0.25, -0.2) is 0 Å². The van der Waals surface area contributed by atoms with Crippen LogP contribution in [0, 0.1) is 11.3 Å². The van der Waals surface area contributed by atoms with E-state index in [1.165, 1.54) is 25.7 Å². The van der Waals surface area contributed by atoms with Crippen molar-refractivity contribution >= 4 is 5.97 Å². The fraction of sp³-hybridized carbons (Fsp3) is 0.800. The maximum atomic E-state index is 12.0. The fourth-order valence-electron chi connectivity index (χ4n) is 4.84. The zero-order chi connectivity index (χ0) is 12.4. The molecule has 0 N–H and O–H groups in total. The van der Waals surface area contributed by atoms with Gasteiger partial charge in [-0.15, -0.1) is 0 Å². The minimum Gasteiger partial charge on any atom is -0.458 e. The summed E-state index contributed by atoms with van der Waals surface area (Å²) < 4.78 is 11.8. The smallest absolute Gasteiger partial charge is 0.307 e. The first-order valence-corrected chi connectivity index (χ1v) is 7.20. The summed E-state index contributed by atoms with van der Waals surface area (Å²) in [5.74, 6) is 0.509. The third-order valence-corrected chi connectivity index (χ3v) is 5.84. The van der Waals surface area contributed by atoms with Crippen molar-refractivity contribution in [2.75, 3.05) is 0 Å². The molecular weight excluding hydrogens is 228 g/mol. The van der Waals surface area contributed by atoms with Crippen LogP contribution >= 0.6 is 0 Å². The molecule has 3 heterocycles. The van der Waals surface area contributed by atoms with Crippen molar-refractivity contribution in [1.82, 2.24) is 0 Å². The zero-order valence-corrected chi connectivity index (χ0v) is 10.9. The van der Waals surface area contributed by atoms with Crippen LogP contribution < -0.4 is 0 Å². The molecule has 4 aliphatic rings. The maximum absolute atomic E-state index is 12.0. The molecule has 1 spiro atoms. The van der Waals surface area contributed by atoms with Gasteiger partial charge >= 0.3 is 5.97 Å². The largest absolute Gasteiger partial charge is 0.458 e. The zero-order valence-electron chi connectivity index (χ0n) is 10.9. The van der Waals surface area contributed by atoms with Crippen LogP contribution in [0.25, 0.3) is 0 Å². The van der Waals surface area contributed by atoms with E-state index in [1.807, 2.05) is 0 Å². The van der Waals surface area contributed by atoms with Gasteiger partial charge in [0.05, 0.1) is 24.0 Å². The van der Waals surface area contributed by atoms with Crippen LogP contribution in [0.15, 0.2) is 12.2 Å². The first-order valence-electron chi connectivity index (χ1n) is 7.20. The number of rotatable bonds is 1. The van der Waals surface area contributed by atoms with Gasteiger partial charge < -0.3 is 9.47 Å². The van der Waals surface area contributed by atoms with Gasteiger partial charge in [0.15, 0.2) is 0 Å². The standard InChI is InChI=1S/C15H20O3/c1-14(10-4-2-3-5-10)15(9-13(16)18-14)8-11-6-7-12(15)17-11/h6-7,10-12H,2-5,8-9H2,1H3. The highest BCUT2D eigenvalue weighted by atomic mass is 16.6. The molecule has 4 rings (SSSR count). The van der Waals surface area contributed by atoms with E-state index in [9.17, 15) is 4.79 Å². The SMILES string of the molecule is CC1(C2CCCC2)OC(=O)CC12CC1C=CC2O1. The van der Waals surface area contributed by atoms with Gasteiger partial charge in [-0.05, 0) is 32.1 Å². The van der Waals surface area contributed by atoms with Crippen LogP contribution in [-0.4, -0.2) is 23.8 Å². The molecule has 3 fully saturated rings. The summed E-state index contributed by atoms with van der Waals surface area (Å²) in [6.07, 6.45) is 11.1. The Morgan fingerprint density at radius 1 is 1.28 bits per heavy atom. The first kappa shape index (κ1) is 11.0. The van der Waals surface area contributed by atoms with Crippen molar-refractivity contribution in [3.63, 3.8) is 0 Å². The molecular formula is C15H20O3. The summed E-state index contributed by atoms with van der Waals surface area (Å²) in [7, 11) is 0. The van der Waals surface area contributed by atoms with Crippen molar-refractivity contribution in [3.05, 3.63) is 12.2 Å². The van der Waals surface area contributed by atoms with Gasteiger partial charge in [0.2, 0.25) is 0 Å². The molecule has 18 heavy (non-hydrogen) atoms. The molecule has 0 aromatic rings. The molecule has 98 valence electrons. The predicted octanol–water partition coefficient (Wildman–Crippen LogP) is 2.60. The Bertz CT molecular complexity index is 423. The van der Waals surface area contributed by atoms with Crippen LogP contribution in [0.4, 0.5) is 0 Å². The summed E-state index contributed by atoms with van der Waals surface area (Å²) in [5, 5.41) is 0. The van der Waals surface area contributed by atoms with Gasteiger partial charge in [0.1, 0.15) is 5.60 Å². The van der Waals surface area contributed by atoms with E-state index in [1.54, 1.807) is 0 Å². The molecule has 0 aromatic carbocycles. The predicted molar refractivity (Wildman–Crippen MR) is 65.9 cm³/mol. The lowest BCUT2D eigenvalue weighted by atomic mass is 9.60. The first-order chi connectivity index (χ1) is 8.64. The number of hydrogen-bond acceptors (Lipinski definition) is 3. The lowest BCUT2D eigenvalue weighted by Crippen LogP contribution is -2.52. The molecule has 0 aromatic heterocycles. The molecule has 4 atom stereocenters. The lowest BCUT2D eigenvalue weighted by Gasteiger charge is -2.44. The highest BCUT2D eigenvalue weighted by Gasteiger charge is 2.68. The lowest BCUT2D eigenvalue weighted by molar-refractivity contribution is -0.158. The Kier molecular flexibility index (Phi) is 2.07. The van der Waals surface area contributed by atoms with Crippen LogP contribution in [0.3, 0.4) is 0 Å². The second kappa shape index (κ2) is 3.38. The highest BCUT2D eigenvalue weighted by Crippen LogP contribution is 2.62. The molecule has 4 unspecified atom stereocenters. The van der Waals surface area contributed by atoms with Gasteiger partial charge in [0.25, 0.3) is 0 Å². The molecule has 2 bridgehead atoms. The molecule has 3 nitrogen and oxygen atoms in total. The minimum atomic E-state index is -0.301. The van der Waals surface area contributed by atoms with Gasteiger partial charge in [0, 0.05) is 0 Å². The van der Waals surface area contributed by atoms with Crippen LogP contribution in [0.5, 0.6) is 0 Å². The monoisotopic (exact) mass is 248 g/mol. The average Bonchev–Trinajstić information content (AvgIpc) is 3.06. The molecule has 1 aliphatic carbocycles. The van der Waals surface area contributed by atoms with Crippen molar-refractivity contribution in [2.24, 2.45) is 11.3 Å². The Hall–Kier alpha value is -0.830. The maximum Gasteiger partial charge on any atom is 0.307 e. The molecule has 3 aliphatic heterocycles. The number of fused-ring (bicyclic) bond motifs is 3. The number of ether oxygens (including phenoxy) is 2. The highest BCUT2D eigenvalue weighted by molar-refractivity contribution is 5.74. The van der Waals surface area contributed by atoms with Crippen LogP contribution in [-0.2, 0) is 14.3 Å². The average molecular weight is 248 g/mol. The Labute approximate surface area is 108 Å². The van der Waals surface area contributed by atoms with E-state index in [4.69, 9.17) is 9.47 Å². The second-order valence-electron chi connectivity index (χ2n) is 6.58. The van der Waals surface area contributed by atoms with Gasteiger partial charge in [-0.1, -0.05) is 25.0 Å². The van der Waals surface area contributed by atoms with E-state index in [0.29, 0.717) is 12.3 Å². The fourth-order valence-corrected chi connectivity index (χ4v) is 4.84. The summed E-state index contributed by atoms with van der Waals surface area (Å²) in [6, 6.07) is 0. The van der Waals surface area contributed by atoms with E-state index < -0.39 is 0 Å². The van der Waals surface area contributed by atoms with Gasteiger partial charge in [-0.2, -0.15) is 0 Å². The number of hydrogen-bond donors (Lipinski definition) is 0. The molecule has 3 heteroatoms. The van der Waals surface area contributed by atoms with E-state index in [-0.39, 0.29) is 29.2 Å². The molecule has 0 amide bonds. The summed E-state index contributed by atoms with van der Waals surface area (Å²) >= 11 is 0.